The Morgan fingerprint density at radius 3 is 2.71 bits per heavy atom. The van der Waals surface area contributed by atoms with Crippen molar-refractivity contribution in [1.29, 1.82) is 0 Å². The van der Waals surface area contributed by atoms with Gasteiger partial charge in [0.15, 0.2) is 0 Å². The molecule has 0 aliphatic carbocycles. The number of amides is 2. The van der Waals surface area contributed by atoms with Crippen LogP contribution in [0.15, 0.2) is 16.9 Å². The highest BCUT2D eigenvalue weighted by atomic mass is 79.9. The Labute approximate surface area is 148 Å². The lowest BCUT2D eigenvalue weighted by Gasteiger charge is -2.13. The van der Waals surface area contributed by atoms with Gasteiger partial charge in [0.2, 0.25) is 5.91 Å². The summed E-state index contributed by atoms with van der Waals surface area (Å²) in [6.45, 7) is 6.12. The van der Waals surface area contributed by atoms with Gasteiger partial charge in [-0.25, -0.2) is 0 Å². The van der Waals surface area contributed by atoms with Crippen molar-refractivity contribution < 1.29 is 9.59 Å². The van der Waals surface area contributed by atoms with Crippen molar-refractivity contribution in [2.75, 3.05) is 11.9 Å². The number of hydrogen-bond donors (Lipinski definition) is 2. The molecule has 24 heavy (non-hydrogen) atoms. The molecule has 0 saturated carbocycles. The lowest BCUT2D eigenvalue weighted by molar-refractivity contribution is -0.119. The minimum absolute atomic E-state index is 0.266. The van der Waals surface area contributed by atoms with Gasteiger partial charge < -0.3 is 10.6 Å². The molecule has 2 N–H and O–H groups in total. The molecule has 2 rings (SSSR count). The highest BCUT2D eigenvalue weighted by Gasteiger charge is 2.22. The lowest BCUT2D eigenvalue weighted by Crippen LogP contribution is -2.29. The Morgan fingerprint density at radius 1 is 1.42 bits per heavy atom. The summed E-state index contributed by atoms with van der Waals surface area (Å²) < 4.78 is 3.85. The number of carbonyl (C=O) groups is 2. The predicted molar refractivity (Wildman–Crippen MR) is 93.8 cm³/mol. The molecule has 0 fully saturated rings. The number of anilines is 1. The quantitative estimate of drug-likeness (QED) is 0.780. The number of nitrogens with zero attached hydrogens (tertiary/aromatic N) is 4. The van der Waals surface area contributed by atoms with Crippen molar-refractivity contribution in [2.24, 2.45) is 7.05 Å². The van der Waals surface area contributed by atoms with Gasteiger partial charge in [-0.3, -0.25) is 19.0 Å². The average Bonchev–Trinajstić information content (AvgIpc) is 3.07. The molecule has 0 aliphatic heterocycles. The summed E-state index contributed by atoms with van der Waals surface area (Å²) in [5, 5.41) is 13.9. The molecule has 0 radical (unpaired) electrons. The van der Waals surface area contributed by atoms with Crippen LogP contribution in [0.5, 0.6) is 0 Å². The number of aromatic nitrogens is 4. The van der Waals surface area contributed by atoms with Crippen molar-refractivity contribution in [2.45, 2.75) is 33.2 Å². The van der Waals surface area contributed by atoms with Crippen molar-refractivity contribution in [1.82, 2.24) is 24.9 Å². The van der Waals surface area contributed by atoms with E-state index in [2.05, 4.69) is 36.8 Å². The molecule has 2 amide bonds. The number of aryl methyl sites for hydroxylation is 2. The topological polar surface area (TPSA) is 93.8 Å². The third kappa shape index (κ3) is 3.84. The van der Waals surface area contributed by atoms with Crippen LogP contribution in [0.2, 0.25) is 0 Å². The molecule has 9 heteroatoms. The van der Waals surface area contributed by atoms with E-state index >= 15 is 0 Å². The first-order valence-corrected chi connectivity index (χ1v) is 8.46. The van der Waals surface area contributed by atoms with Gasteiger partial charge in [0.1, 0.15) is 11.7 Å². The van der Waals surface area contributed by atoms with Gasteiger partial charge in [0, 0.05) is 19.8 Å². The summed E-state index contributed by atoms with van der Waals surface area (Å²) in [5.41, 5.74) is 1.50. The van der Waals surface area contributed by atoms with Crippen LogP contribution >= 0.6 is 15.9 Å². The maximum absolute atomic E-state index is 12.5. The molecular formula is C15H21BrN6O2. The second-order valence-electron chi connectivity index (χ2n) is 5.49. The summed E-state index contributed by atoms with van der Waals surface area (Å²) in [6, 6.07) is -0.526. The van der Waals surface area contributed by atoms with Crippen LogP contribution in [0, 0.1) is 6.92 Å². The number of nitrogens with one attached hydrogen (secondary N) is 2. The van der Waals surface area contributed by atoms with E-state index in [0.29, 0.717) is 17.9 Å². The Morgan fingerprint density at radius 2 is 2.12 bits per heavy atom. The zero-order valence-corrected chi connectivity index (χ0v) is 15.7. The van der Waals surface area contributed by atoms with Crippen LogP contribution in [0.1, 0.15) is 42.5 Å². The van der Waals surface area contributed by atoms with Gasteiger partial charge in [0.05, 0.1) is 22.1 Å². The smallest absolute Gasteiger partial charge is 0.271 e. The first-order chi connectivity index (χ1) is 11.3. The molecule has 2 aromatic heterocycles. The molecule has 1 unspecified atom stereocenters. The van der Waals surface area contributed by atoms with Crippen molar-refractivity contribution in [3.8, 4) is 0 Å². The minimum Gasteiger partial charge on any atom is -0.351 e. The molecule has 2 aromatic rings. The van der Waals surface area contributed by atoms with Crippen LogP contribution in [-0.2, 0) is 11.8 Å². The van der Waals surface area contributed by atoms with Gasteiger partial charge >= 0.3 is 0 Å². The van der Waals surface area contributed by atoms with Crippen LogP contribution in [0.25, 0.3) is 0 Å². The van der Waals surface area contributed by atoms with Gasteiger partial charge in [0.25, 0.3) is 5.91 Å². The lowest BCUT2D eigenvalue weighted by atomic mass is 10.2. The molecule has 0 spiro atoms. The predicted octanol–water partition coefficient (Wildman–Crippen LogP) is 2.03. The fourth-order valence-corrected chi connectivity index (χ4v) is 2.42. The summed E-state index contributed by atoms with van der Waals surface area (Å²) in [5.74, 6) is -0.542. The van der Waals surface area contributed by atoms with E-state index in [9.17, 15) is 9.59 Å². The number of carbonyl (C=O) groups excluding carboxylic acids is 2. The van der Waals surface area contributed by atoms with Gasteiger partial charge in [-0.2, -0.15) is 10.2 Å². The molecule has 0 aromatic carbocycles. The van der Waals surface area contributed by atoms with E-state index in [4.69, 9.17) is 0 Å². The monoisotopic (exact) mass is 396 g/mol. The van der Waals surface area contributed by atoms with E-state index in [1.165, 1.54) is 10.9 Å². The second-order valence-corrected chi connectivity index (χ2v) is 6.35. The summed E-state index contributed by atoms with van der Waals surface area (Å²) >= 11 is 3.38. The van der Waals surface area contributed by atoms with Gasteiger partial charge in [-0.15, -0.1) is 0 Å². The Balaban J connectivity index is 2.15. The van der Waals surface area contributed by atoms with E-state index in [1.54, 1.807) is 24.9 Å². The second kappa shape index (κ2) is 7.61. The third-order valence-corrected chi connectivity index (χ3v) is 4.36. The van der Waals surface area contributed by atoms with Crippen molar-refractivity contribution in [3.63, 3.8) is 0 Å². The molecule has 2 heterocycles. The van der Waals surface area contributed by atoms with E-state index in [1.807, 2.05) is 13.8 Å². The first-order valence-electron chi connectivity index (χ1n) is 7.67. The third-order valence-electron chi connectivity index (χ3n) is 3.58. The number of rotatable bonds is 6. The van der Waals surface area contributed by atoms with E-state index in [0.717, 1.165) is 16.6 Å². The molecule has 0 saturated heterocycles. The zero-order valence-electron chi connectivity index (χ0n) is 14.1. The first kappa shape index (κ1) is 18.2. The van der Waals surface area contributed by atoms with Crippen molar-refractivity contribution >= 4 is 33.4 Å². The van der Waals surface area contributed by atoms with Gasteiger partial charge in [-0.1, -0.05) is 6.92 Å². The molecule has 130 valence electrons. The molecule has 8 nitrogen and oxygen atoms in total. The van der Waals surface area contributed by atoms with E-state index < -0.39 is 6.04 Å². The van der Waals surface area contributed by atoms with Crippen LogP contribution in [0.4, 0.5) is 5.69 Å². The largest absolute Gasteiger partial charge is 0.351 e. The molecular weight excluding hydrogens is 376 g/mol. The normalized spacial score (nSPS) is 12.0. The summed E-state index contributed by atoms with van der Waals surface area (Å²) in [6.07, 6.45) is 4.04. The Bertz CT molecular complexity index is 732. The Kier molecular flexibility index (Phi) is 5.76. The molecule has 0 bridgehead atoms. The summed E-state index contributed by atoms with van der Waals surface area (Å²) in [4.78, 5) is 24.7. The molecule has 1 atom stereocenters. The van der Waals surface area contributed by atoms with Crippen LogP contribution in [0.3, 0.4) is 0 Å². The highest BCUT2D eigenvalue weighted by molar-refractivity contribution is 9.10. The average molecular weight is 397 g/mol. The fraction of sp³-hybridized carbons (Fsp3) is 0.467. The fourth-order valence-electron chi connectivity index (χ4n) is 2.14. The maximum atomic E-state index is 12.5. The Hall–Kier alpha value is -2.16. The zero-order chi connectivity index (χ0) is 17.9. The molecule has 0 aliphatic rings. The highest BCUT2D eigenvalue weighted by Crippen LogP contribution is 2.19. The van der Waals surface area contributed by atoms with Crippen LogP contribution < -0.4 is 10.6 Å². The summed E-state index contributed by atoms with van der Waals surface area (Å²) in [7, 11) is 1.66. The maximum Gasteiger partial charge on any atom is 0.271 e. The SMILES string of the molecule is CCCNC(=O)c1c(NC(=O)C(C)n2cc(Br)c(C)n2)cnn1C. The number of hydrogen-bond acceptors (Lipinski definition) is 4. The van der Waals surface area contributed by atoms with E-state index in [-0.39, 0.29) is 11.8 Å². The van der Waals surface area contributed by atoms with Crippen molar-refractivity contribution in [3.05, 3.63) is 28.3 Å². The van der Waals surface area contributed by atoms with Crippen LogP contribution in [-0.4, -0.2) is 37.9 Å². The standard InChI is InChI=1S/C15H21BrN6O2/c1-5-6-17-15(24)13-12(7-18-21(13)4)19-14(23)10(3)22-8-11(16)9(2)20-22/h7-8,10H,5-6H2,1-4H3,(H,17,24)(H,19,23). The number of halogens is 1. The minimum atomic E-state index is -0.526. The van der Waals surface area contributed by atoms with Gasteiger partial charge in [-0.05, 0) is 36.2 Å².